The van der Waals surface area contributed by atoms with Crippen molar-refractivity contribution in [2.24, 2.45) is 0 Å². The number of hydrogen-bond donors (Lipinski definition) is 2. The van der Waals surface area contributed by atoms with Gasteiger partial charge in [-0.1, -0.05) is 42.5 Å². The summed E-state index contributed by atoms with van der Waals surface area (Å²) in [6.45, 7) is 3.38. The first-order valence-corrected chi connectivity index (χ1v) is 8.64. The van der Waals surface area contributed by atoms with Crippen LogP contribution in [0.15, 0.2) is 48.5 Å². The van der Waals surface area contributed by atoms with Crippen molar-refractivity contribution in [3.05, 3.63) is 65.2 Å². The molecule has 1 heterocycles. The Bertz CT molecular complexity index is 732. The van der Waals surface area contributed by atoms with Gasteiger partial charge in [0.05, 0.1) is 12.6 Å². The largest absolute Gasteiger partial charge is 0.491 e. The summed E-state index contributed by atoms with van der Waals surface area (Å²) < 4.78 is 5.52. The third-order valence-corrected chi connectivity index (χ3v) is 4.61. The molecule has 0 bridgehead atoms. The summed E-state index contributed by atoms with van der Waals surface area (Å²) in [6, 6.07) is 15.8. The third kappa shape index (κ3) is 3.94. The lowest BCUT2D eigenvalue weighted by molar-refractivity contribution is 0.174. The van der Waals surface area contributed by atoms with Crippen molar-refractivity contribution in [2.45, 2.75) is 25.9 Å². The topological polar surface area (TPSA) is 61.8 Å². The highest BCUT2D eigenvalue weighted by atomic mass is 16.5. The van der Waals surface area contributed by atoms with E-state index in [1.54, 1.807) is 0 Å². The Kier molecular flexibility index (Phi) is 5.56. The third-order valence-electron chi connectivity index (χ3n) is 4.61. The lowest BCUT2D eigenvalue weighted by Crippen LogP contribution is -2.44. The molecule has 1 unspecified atom stereocenters. The molecule has 0 radical (unpaired) electrons. The first-order chi connectivity index (χ1) is 12.2. The van der Waals surface area contributed by atoms with Crippen molar-refractivity contribution < 1.29 is 14.6 Å². The smallest absolute Gasteiger partial charge is 0.318 e. The molecular formula is C20H24N2O3. The minimum absolute atomic E-state index is 0.0363. The van der Waals surface area contributed by atoms with Crippen LogP contribution >= 0.6 is 0 Å². The van der Waals surface area contributed by atoms with Crippen LogP contribution in [0.1, 0.15) is 29.7 Å². The van der Waals surface area contributed by atoms with Crippen LogP contribution < -0.4 is 10.1 Å². The van der Waals surface area contributed by atoms with Gasteiger partial charge in [-0.25, -0.2) is 4.79 Å². The summed E-state index contributed by atoms with van der Waals surface area (Å²) in [5, 5.41) is 11.9. The number of nitrogens with one attached hydrogen (secondary N) is 1. The second-order valence-electron chi connectivity index (χ2n) is 6.16. The molecule has 25 heavy (non-hydrogen) atoms. The van der Waals surface area contributed by atoms with E-state index in [2.05, 4.69) is 24.4 Å². The number of aliphatic hydroxyl groups excluding tert-OH is 1. The van der Waals surface area contributed by atoms with Crippen LogP contribution in [0.3, 0.4) is 0 Å². The molecule has 1 aliphatic heterocycles. The predicted molar refractivity (Wildman–Crippen MR) is 96.5 cm³/mol. The Balaban J connectivity index is 1.64. The molecule has 1 atom stereocenters. The van der Waals surface area contributed by atoms with E-state index in [-0.39, 0.29) is 25.3 Å². The van der Waals surface area contributed by atoms with Crippen LogP contribution in [0.5, 0.6) is 5.75 Å². The van der Waals surface area contributed by atoms with Crippen molar-refractivity contribution in [1.29, 1.82) is 0 Å². The van der Waals surface area contributed by atoms with E-state index < -0.39 is 0 Å². The number of carbonyl (C=O) groups is 1. The molecule has 0 fully saturated rings. The van der Waals surface area contributed by atoms with Crippen molar-refractivity contribution in [3.63, 3.8) is 0 Å². The van der Waals surface area contributed by atoms with Crippen LogP contribution in [0.25, 0.3) is 0 Å². The second-order valence-corrected chi connectivity index (χ2v) is 6.16. The SMILES string of the molecule is CC1c2ccccc2CCN1C(=O)NCc1ccccc1OCCO. The summed E-state index contributed by atoms with van der Waals surface area (Å²) >= 11 is 0. The Labute approximate surface area is 148 Å². The van der Waals surface area contributed by atoms with Crippen molar-refractivity contribution >= 4 is 6.03 Å². The maximum Gasteiger partial charge on any atom is 0.318 e. The number of benzene rings is 2. The van der Waals surface area contributed by atoms with E-state index >= 15 is 0 Å². The lowest BCUT2D eigenvalue weighted by atomic mass is 9.94. The van der Waals surface area contributed by atoms with E-state index in [4.69, 9.17) is 9.84 Å². The van der Waals surface area contributed by atoms with Crippen molar-refractivity contribution in [2.75, 3.05) is 19.8 Å². The van der Waals surface area contributed by atoms with Gasteiger partial charge in [0, 0.05) is 18.7 Å². The Morgan fingerprint density at radius 2 is 2.00 bits per heavy atom. The molecule has 3 rings (SSSR count). The van der Waals surface area contributed by atoms with Crippen LogP contribution in [0, 0.1) is 0 Å². The van der Waals surface area contributed by atoms with Crippen LogP contribution in [0.2, 0.25) is 0 Å². The zero-order valence-electron chi connectivity index (χ0n) is 14.4. The van der Waals surface area contributed by atoms with Gasteiger partial charge in [-0.2, -0.15) is 0 Å². The number of carbonyl (C=O) groups excluding carboxylic acids is 1. The monoisotopic (exact) mass is 340 g/mol. The first kappa shape index (κ1) is 17.3. The standard InChI is InChI=1S/C20H24N2O3/c1-15-18-8-4-2-6-16(18)10-11-22(15)20(24)21-14-17-7-3-5-9-19(17)25-13-12-23/h2-9,15,23H,10-14H2,1H3,(H,21,24). The van der Waals surface area contributed by atoms with Crippen LogP contribution in [-0.4, -0.2) is 35.8 Å². The summed E-state index contributed by atoms with van der Waals surface area (Å²) in [5.41, 5.74) is 3.44. The Morgan fingerprint density at radius 3 is 2.84 bits per heavy atom. The minimum atomic E-state index is -0.0704. The van der Waals surface area contributed by atoms with Crippen molar-refractivity contribution in [1.82, 2.24) is 10.2 Å². The maximum absolute atomic E-state index is 12.7. The van der Waals surface area contributed by atoms with E-state index in [0.717, 1.165) is 12.0 Å². The number of aliphatic hydroxyl groups is 1. The van der Waals surface area contributed by atoms with Gasteiger partial charge in [-0.3, -0.25) is 0 Å². The highest BCUT2D eigenvalue weighted by molar-refractivity contribution is 5.75. The fourth-order valence-electron chi connectivity index (χ4n) is 3.27. The molecule has 0 saturated carbocycles. The quantitative estimate of drug-likeness (QED) is 0.880. The van der Waals surface area contributed by atoms with Crippen LogP contribution in [-0.2, 0) is 13.0 Å². The number of urea groups is 1. The molecule has 0 aliphatic carbocycles. The molecule has 2 aromatic carbocycles. The maximum atomic E-state index is 12.7. The second kappa shape index (κ2) is 8.03. The number of hydrogen-bond acceptors (Lipinski definition) is 3. The summed E-state index contributed by atoms with van der Waals surface area (Å²) in [4.78, 5) is 14.5. The average molecular weight is 340 g/mol. The van der Waals surface area contributed by atoms with Gasteiger partial charge < -0.3 is 20.1 Å². The highest BCUT2D eigenvalue weighted by Crippen LogP contribution is 2.29. The predicted octanol–water partition coefficient (Wildman–Crippen LogP) is 2.89. The molecule has 0 saturated heterocycles. The van der Waals surface area contributed by atoms with Gasteiger partial charge in [-0.15, -0.1) is 0 Å². The van der Waals surface area contributed by atoms with E-state index in [0.29, 0.717) is 18.8 Å². The molecule has 1 aliphatic rings. The highest BCUT2D eigenvalue weighted by Gasteiger charge is 2.27. The summed E-state index contributed by atoms with van der Waals surface area (Å²) in [6.07, 6.45) is 0.879. The van der Waals surface area contributed by atoms with E-state index in [9.17, 15) is 4.79 Å². The van der Waals surface area contributed by atoms with Gasteiger partial charge in [-0.05, 0) is 30.5 Å². The molecule has 132 valence electrons. The molecular weight excluding hydrogens is 316 g/mol. The fraction of sp³-hybridized carbons (Fsp3) is 0.350. The van der Waals surface area contributed by atoms with Crippen LogP contribution in [0.4, 0.5) is 4.79 Å². The Morgan fingerprint density at radius 1 is 1.24 bits per heavy atom. The van der Waals surface area contributed by atoms with E-state index in [1.165, 1.54) is 11.1 Å². The summed E-state index contributed by atoms with van der Waals surface area (Å²) in [7, 11) is 0. The number of ether oxygens (including phenoxy) is 1. The molecule has 2 aromatic rings. The minimum Gasteiger partial charge on any atom is -0.491 e. The number of para-hydroxylation sites is 1. The number of rotatable bonds is 5. The van der Waals surface area contributed by atoms with Gasteiger partial charge in [0.2, 0.25) is 0 Å². The number of nitrogens with zero attached hydrogens (tertiary/aromatic N) is 1. The number of amides is 2. The Hall–Kier alpha value is -2.53. The molecule has 2 N–H and O–H groups in total. The molecule has 0 spiro atoms. The first-order valence-electron chi connectivity index (χ1n) is 8.64. The summed E-state index contributed by atoms with van der Waals surface area (Å²) in [5.74, 6) is 0.689. The molecule has 5 nitrogen and oxygen atoms in total. The van der Waals surface area contributed by atoms with Gasteiger partial charge in [0.25, 0.3) is 0 Å². The van der Waals surface area contributed by atoms with E-state index in [1.807, 2.05) is 41.3 Å². The average Bonchev–Trinajstić information content (AvgIpc) is 2.65. The molecule has 0 aromatic heterocycles. The zero-order valence-corrected chi connectivity index (χ0v) is 14.4. The fourth-order valence-corrected chi connectivity index (χ4v) is 3.27. The van der Waals surface area contributed by atoms with Gasteiger partial charge in [0.15, 0.2) is 0 Å². The normalized spacial score (nSPS) is 16.2. The zero-order chi connectivity index (χ0) is 17.6. The van der Waals surface area contributed by atoms with Gasteiger partial charge >= 0.3 is 6.03 Å². The molecule has 2 amide bonds. The van der Waals surface area contributed by atoms with Gasteiger partial charge in [0.1, 0.15) is 12.4 Å². The molecule has 5 heteroatoms. The lowest BCUT2D eigenvalue weighted by Gasteiger charge is -2.35. The van der Waals surface area contributed by atoms with Crippen molar-refractivity contribution in [3.8, 4) is 5.75 Å². The number of fused-ring (bicyclic) bond motifs is 1.